The first-order chi connectivity index (χ1) is 9.90. The highest BCUT2D eigenvalue weighted by Crippen LogP contribution is 2.28. The van der Waals surface area contributed by atoms with Gasteiger partial charge in [0.25, 0.3) is 0 Å². The normalized spacial score (nSPS) is 19.6. The van der Waals surface area contributed by atoms with Gasteiger partial charge in [-0.2, -0.15) is 4.31 Å². The number of hydrogen-bond acceptors (Lipinski definition) is 5. The third kappa shape index (κ3) is 3.03. The molecule has 1 fully saturated rings. The number of sulfonamides is 1. The first kappa shape index (κ1) is 15.8. The molecule has 0 amide bonds. The molecular weight excluding hydrogens is 292 g/mol. The predicted molar refractivity (Wildman–Crippen MR) is 79.1 cm³/mol. The van der Waals surface area contributed by atoms with Gasteiger partial charge in [0.05, 0.1) is 17.9 Å². The Morgan fingerprint density at radius 1 is 1.48 bits per heavy atom. The van der Waals surface area contributed by atoms with E-state index in [0.29, 0.717) is 25.1 Å². The molecule has 0 aromatic heterocycles. The molecule has 1 aliphatic rings. The van der Waals surface area contributed by atoms with Crippen molar-refractivity contribution >= 4 is 21.7 Å². The molecule has 116 valence electrons. The van der Waals surface area contributed by atoms with Crippen molar-refractivity contribution in [3.8, 4) is 0 Å². The van der Waals surface area contributed by atoms with Crippen LogP contribution in [-0.4, -0.2) is 38.9 Å². The number of methoxy groups -OCH3 is 1. The summed E-state index contributed by atoms with van der Waals surface area (Å²) in [5, 5.41) is 0. The van der Waals surface area contributed by atoms with Gasteiger partial charge in [-0.1, -0.05) is 13.0 Å². The number of nitrogen functional groups attached to an aromatic ring is 1. The number of nitrogens with two attached hydrogens (primary N) is 1. The highest BCUT2D eigenvalue weighted by Gasteiger charge is 2.37. The van der Waals surface area contributed by atoms with Crippen molar-refractivity contribution in [2.24, 2.45) is 5.92 Å². The summed E-state index contributed by atoms with van der Waals surface area (Å²) in [6.07, 6.45) is 1.08. The summed E-state index contributed by atoms with van der Waals surface area (Å²) in [6.45, 7) is 2.37. The summed E-state index contributed by atoms with van der Waals surface area (Å²) < 4.78 is 31.5. The lowest BCUT2D eigenvalue weighted by atomic mass is 10.1. The van der Waals surface area contributed by atoms with E-state index in [0.717, 1.165) is 5.56 Å². The van der Waals surface area contributed by atoms with E-state index in [1.54, 1.807) is 12.1 Å². The van der Waals surface area contributed by atoms with Crippen molar-refractivity contribution in [3.63, 3.8) is 0 Å². The molecule has 0 radical (unpaired) electrons. The molecule has 0 saturated carbocycles. The fourth-order valence-electron chi connectivity index (χ4n) is 2.55. The Morgan fingerprint density at radius 3 is 2.81 bits per heavy atom. The minimum absolute atomic E-state index is 0.160. The van der Waals surface area contributed by atoms with Gasteiger partial charge in [-0.25, -0.2) is 8.42 Å². The lowest BCUT2D eigenvalue weighted by Gasteiger charge is -2.18. The topological polar surface area (TPSA) is 89.7 Å². The number of nitrogens with zero attached hydrogens (tertiary/aromatic N) is 1. The van der Waals surface area contributed by atoms with E-state index in [1.807, 2.05) is 6.92 Å². The van der Waals surface area contributed by atoms with Gasteiger partial charge in [-0.05, 0) is 30.5 Å². The first-order valence-corrected chi connectivity index (χ1v) is 8.30. The van der Waals surface area contributed by atoms with Crippen LogP contribution in [0.2, 0.25) is 0 Å². The van der Waals surface area contributed by atoms with Crippen LogP contribution in [0.25, 0.3) is 0 Å². The van der Waals surface area contributed by atoms with Crippen molar-refractivity contribution in [1.82, 2.24) is 4.31 Å². The molecule has 1 aliphatic heterocycles. The van der Waals surface area contributed by atoms with Gasteiger partial charge in [0, 0.05) is 18.8 Å². The number of rotatable bonds is 4. The summed E-state index contributed by atoms with van der Waals surface area (Å²) >= 11 is 0. The van der Waals surface area contributed by atoms with Crippen LogP contribution in [-0.2, 0) is 26.0 Å². The van der Waals surface area contributed by atoms with E-state index in [9.17, 15) is 13.2 Å². The van der Waals surface area contributed by atoms with Crippen molar-refractivity contribution in [2.45, 2.75) is 24.7 Å². The zero-order valence-electron chi connectivity index (χ0n) is 12.2. The summed E-state index contributed by atoms with van der Waals surface area (Å²) in [5.74, 6) is -0.757. The molecule has 2 rings (SSSR count). The standard InChI is InChI=1S/C14H20N2O4S/c1-3-10-4-5-12(15)8-13(10)21(18,19)16-7-6-11(9-16)14(17)20-2/h4-5,8,11H,3,6-7,9,15H2,1-2H3. The Hall–Kier alpha value is -1.60. The summed E-state index contributed by atoms with van der Waals surface area (Å²) in [4.78, 5) is 11.8. The molecule has 1 aromatic rings. The van der Waals surface area contributed by atoms with E-state index < -0.39 is 15.9 Å². The molecule has 1 saturated heterocycles. The lowest BCUT2D eigenvalue weighted by Crippen LogP contribution is -2.31. The fourth-order valence-corrected chi connectivity index (χ4v) is 4.38. The van der Waals surface area contributed by atoms with Gasteiger partial charge in [0.15, 0.2) is 0 Å². The van der Waals surface area contributed by atoms with Crippen LogP contribution in [0.5, 0.6) is 0 Å². The van der Waals surface area contributed by atoms with Crippen molar-refractivity contribution in [1.29, 1.82) is 0 Å². The average molecular weight is 312 g/mol. The van der Waals surface area contributed by atoms with Gasteiger partial charge < -0.3 is 10.5 Å². The first-order valence-electron chi connectivity index (χ1n) is 6.86. The lowest BCUT2D eigenvalue weighted by molar-refractivity contribution is -0.144. The number of carbonyl (C=O) groups is 1. The number of carbonyl (C=O) groups excluding carboxylic acids is 1. The maximum absolute atomic E-state index is 12.7. The van der Waals surface area contributed by atoms with Crippen molar-refractivity contribution in [2.75, 3.05) is 25.9 Å². The Morgan fingerprint density at radius 2 is 2.19 bits per heavy atom. The maximum atomic E-state index is 12.7. The molecule has 2 N–H and O–H groups in total. The minimum Gasteiger partial charge on any atom is -0.469 e. The van der Waals surface area contributed by atoms with E-state index in [4.69, 9.17) is 5.73 Å². The second kappa shape index (κ2) is 6.03. The van der Waals surface area contributed by atoms with Crippen LogP contribution in [0.3, 0.4) is 0 Å². The van der Waals surface area contributed by atoms with Crippen LogP contribution < -0.4 is 5.73 Å². The zero-order chi connectivity index (χ0) is 15.6. The highest BCUT2D eigenvalue weighted by atomic mass is 32.2. The minimum atomic E-state index is -3.63. The molecule has 0 aliphatic carbocycles. The summed E-state index contributed by atoms with van der Waals surface area (Å²) in [7, 11) is -2.32. The number of hydrogen-bond donors (Lipinski definition) is 1. The number of ether oxygens (including phenoxy) is 1. The Bertz CT molecular complexity index is 642. The smallest absolute Gasteiger partial charge is 0.310 e. The third-order valence-corrected chi connectivity index (χ3v) is 5.72. The average Bonchev–Trinajstić information content (AvgIpc) is 2.97. The Balaban J connectivity index is 2.31. The molecule has 1 unspecified atom stereocenters. The third-order valence-electron chi connectivity index (χ3n) is 3.78. The summed E-state index contributed by atoms with van der Waals surface area (Å²) in [6, 6.07) is 4.91. The molecule has 0 spiro atoms. The van der Waals surface area contributed by atoms with Gasteiger partial charge in [-0.15, -0.1) is 0 Å². The summed E-state index contributed by atoms with van der Waals surface area (Å²) in [5.41, 5.74) is 6.86. The van der Waals surface area contributed by atoms with E-state index in [-0.39, 0.29) is 17.4 Å². The van der Waals surface area contributed by atoms with Crippen molar-refractivity contribution in [3.05, 3.63) is 23.8 Å². The predicted octanol–water partition coefficient (Wildman–Crippen LogP) is 1.01. The molecule has 7 heteroatoms. The van der Waals surface area contributed by atoms with Gasteiger partial charge >= 0.3 is 5.97 Å². The molecule has 1 heterocycles. The Labute approximate surface area is 124 Å². The van der Waals surface area contributed by atoms with E-state index in [1.165, 1.54) is 17.5 Å². The van der Waals surface area contributed by atoms with E-state index in [2.05, 4.69) is 4.74 Å². The fraction of sp³-hybridized carbons (Fsp3) is 0.500. The van der Waals surface area contributed by atoms with Gasteiger partial charge in [0.1, 0.15) is 0 Å². The largest absolute Gasteiger partial charge is 0.469 e. The number of esters is 1. The molecular formula is C14H20N2O4S. The monoisotopic (exact) mass is 312 g/mol. The highest BCUT2D eigenvalue weighted by molar-refractivity contribution is 7.89. The molecule has 0 bridgehead atoms. The SMILES string of the molecule is CCc1ccc(N)cc1S(=O)(=O)N1CCC(C(=O)OC)C1. The molecule has 21 heavy (non-hydrogen) atoms. The van der Waals surface area contributed by atoms with Crippen LogP contribution in [0, 0.1) is 5.92 Å². The number of anilines is 1. The quantitative estimate of drug-likeness (QED) is 0.662. The number of benzene rings is 1. The molecule has 6 nitrogen and oxygen atoms in total. The molecule has 1 atom stereocenters. The molecule has 1 aromatic carbocycles. The van der Waals surface area contributed by atoms with Crippen LogP contribution in [0.15, 0.2) is 23.1 Å². The Kier molecular flexibility index (Phi) is 4.53. The number of aryl methyl sites for hydroxylation is 1. The van der Waals surface area contributed by atoms with Crippen LogP contribution >= 0.6 is 0 Å². The zero-order valence-corrected chi connectivity index (χ0v) is 13.0. The van der Waals surface area contributed by atoms with Crippen LogP contribution in [0.1, 0.15) is 18.9 Å². The second-order valence-corrected chi connectivity index (χ2v) is 7.00. The van der Waals surface area contributed by atoms with Crippen LogP contribution in [0.4, 0.5) is 5.69 Å². The van der Waals surface area contributed by atoms with Gasteiger partial charge in [-0.3, -0.25) is 4.79 Å². The van der Waals surface area contributed by atoms with Gasteiger partial charge in [0.2, 0.25) is 10.0 Å². The maximum Gasteiger partial charge on any atom is 0.310 e. The van der Waals surface area contributed by atoms with E-state index >= 15 is 0 Å². The van der Waals surface area contributed by atoms with Crippen molar-refractivity contribution < 1.29 is 17.9 Å². The second-order valence-electron chi connectivity index (χ2n) is 5.09.